The number of anilines is 1. The van der Waals surface area contributed by atoms with Crippen LogP contribution >= 0.6 is 0 Å². The van der Waals surface area contributed by atoms with Crippen LogP contribution in [0.3, 0.4) is 0 Å². The second-order valence-electron chi connectivity index (χ2n) is 11.6. The highest BCUT2D eigenvalue weighted by atomic mass is 32.2. The van der Waals surface area contributed by atoms with E-state index >= 15 is 0 Å². The minimum Gasteiger partial charge on any atom is -0.399 e. The van der Waals surface area contributed by atoms with E-state index in [1.54, 1.807) is 18.3 Å². The normalized spacial score (nSPS) is 15.2. The Morgan fingerprint density at radius 2 is 1.80 bits per heavy atom. The first kappa shape index (κ1) is 35.9. The van der Waals surface area contributed by atoms with E-state index in [0.29, 0.717) is 44.5 Å². The standard InChI is InChI=1S/C35H49N5O4S/c1-28(2)26-40(45(43,44)33-20-18-30(36)19-21-33)32(27-41)17-11-13-23-38-35(42)34(39-25-31-16-10-12-22-37-31)24-29-14-8-6-4-3-5-7-9-15-29/h3-6,9-10,12,14-16,18-22,28,32,34,39,41H,7-8,11,13,17,23-27,36H2,1-2H3,(H,38,42)/t32-,34-/m0/s1. The number of hydrogen-bond acceptors (Lipinski definition) is 7. The van der Waals surface area contributed by atoms with Gasteiger partial charge < -0.3 is 16.2 Å². The summed E-state index contributed by atoms with van der Waals surface area (Å²) in [6, 6.07) is 10.8. The topological polar surface area (TPSA) is 138 Å². The molecule has 0 aliphatic heterocycles. The molecule has 10 heteroatoms. The summed E-state index contributed by atoms with van der Waals surface area (Å²) in [5, 5.41) is 16.7. The van der Waals surface area contributed by atoms with Crippen molar-refractivity contribution in [3.05, 3.63) is 102 Å². The van der Waals surface area contributed by atoms with Crippen LogP contribution in [0.2, 0.25) is 0 Å². The fourth-order valence-corrected chi connectivity index (χ4v) is 6.83. The second kappa shape index (κ2) is 19.1. The molecule has 1 heterocycles. The van der Waals surface area contributed by atoms with Crippen LogP contribution in [0.15, 0.2) is 102 Å². The molecular weight excluding hydrogens is 586 g/mol. The zero-order chi connectivity index (χ0) is 32.5. The summed E-state index contributed by atoms with van der Waals surface area (Å²) < 4.78 is 28.5. The number of nitrogen functional groups attached to an aromatic ring is 1. The van der Waals surface area contributed by atoms with Crippen LogP contribution in [-0.4, -0.2) is 60.5 Å². The van der Waals surface area contributed by atoms with Gasteiger partial charge in [-0.3, -0.25) is 15.1 Å². The van der Waals surface area contributed by atoms with Crippen LogP contribution in [0.4, 0.5) is 5.69 Å². The number of unbranched alkanes of at least 4 members (excludes halogenated alkanes) is 1. The third kappa shape index (κ3) is 12.4. The Hall–Kier alpha value is -3.57. The number of benzene rings is 1. The number of rotatable bonds is 17. The lowest BCUT2D eigenvalue weighted by Crippen LogP contribution is -2.45. The zero-order valence-corrected chi connectivity index (χ0v) is 27.3. The molecule has 2 aromatic rings. The summed E-state index contributed by atoms with van der Waals surface area (Å²) in [7, 11) is -3.83. The third-order valence-corrected chi connectivity index (χ3v) is 9.36. The van der Waals surface area contributed by atoms with E-state index in [-0.39, 0.29) is 29.9 Å². The lowest BCUT2D eigenvalue weighted by atomic mass is 10.0. The van der Waals surface area contributed by atoms with Crippen LogP contribution in [-0.2, 0) is 21.4 Å². The molecule has 5 N–H and O–H groups in total. The van der Waals surface area contributed by atoms with Gasteiger partial charge in [-0.2, -0.15) is 4.31 Å². The molecule has 1 amide bonds. The summed E-state index contributed by atoms with van der Waals surface area (Å²) in [4.78, 5) is 17.9. The molecule has 0 fully saturated rings. The van der Waals surface area contributed by atoms with Crippen molar-refractivity contribution in [1.82, 2.24) is 19.9 Å². The maximum Gasteiger partial charge on any atom is 0.243 e. The highest BCUT2D eigenvalue weighted by molar-refractivity contribution is 7.89. The zero-order valence-electron chi connectivity index (χ0n) is 26.5. The average molecular weight is 636 g/mol. The van der Waals surface area contributed by atoms with Gasteiger partial charge in [0, 0.05) is 37.6 Å². The van der Waals surface area contributed by atoms with Crippen LogP contribution in [0.1, 0.15) is 58.1 Å². The second-order valence-corrected chi connectivity index (χ2v) is 13.5. The number of carbonyl (C=O) groups is 1. The number of pyridine rings is 1. The molecule has 0 radical (unpaired) electrons. The largest absolute Gasteiger partial charge is 0.399 e. The SMILES string of the molecule is CC(C)CN([C@H](CO)CCCCNC(=O)[C@H](CC1=CCC=CC=CCC=C1)NCc1ccccn1)S(=O)(=O)c1ccc(N)cc1. The summed E-state index contributed by atoms with van der Waals surface area (Å²) in [5.41, 5.74) is 8.19. The van der Waals surface area contributed by atoms with E-state index in [1.807, 2.05) is 44.2 Å². The van der Waals surface area contributed by atoms with E-state index < -0.39 is 22.1 Å². The minimum absolute atomic E-state index is 0.0709. The molecule has 2 atom stereocenters. The maximum atomic E-state index is 13.5. The van der Waals surface area contributed by atoms with Crippen molar-refractivity contribution in [2.45, 2.75) is 75.9 Å². The third-order valence-electron chi connectivity index (χ3n) is 7.43. The van der Waals surface area contributed by atoms with E-state index in [4.69, 9.17) is 5.73 Å². The molecule has 1 aromatic carbocycles. The molecule has 45 heavy (non-hydrogen) atoms. The van der Waals surface area contributed by atoms with Gasteiger partial charge in [0.1, 0.15) is 0 Å². The van der Waals surface area contributed by atoms with Crippen molar-refractivity contribution in [1.29, 1.82) is 0 Å². The van der Waals surface area contributed by atoms with Crippen molar-refractivity contribution in [3.8, 4) is 0 Å². The molecule has 1 aliphatic carbocycles. The fourth-order valence-electron chi connectivity index (χ4n) is 5.02. The lowest BCUT2D eigenvalue weighted by Gasteiger charge is -2.31. The van der Waals surface area contributed by atoms with Crippen LogP contribution in [0.5, 0.6) is 0 Å². The summed E-state index contributed by atoms with van der Waals surface area (Å²) in [6.45, 7) is 4.80. The summed E-state index contributed by atoms with van der Waals surface area (Å²) in [5.74, 6) is -0.0274. The number of nitrogens with zero attached hydrogens (tertiary/aromatic N) is 2. The predicted molar refractivity (Wildman–Crippen MR) is 182 cm³/mol. The first-order valence-electron chi connectivity index (χ1n) is 15.8. The number of carbonyl (C=O) groups excluding carboxylic acids is 1. The number of amides is 1. The Kier molecular flexibility index (Phi) is 15.2. The molecule has 9 nitrogen and oxygen atoms in total. The predicted octanol–water partition coefficient (Wildman–Crippen LogP) is 4.90. The van der Waals surface area contributed by atoms with Gasteiger partial charge in [0.2, 0.25) is 15.9 Å². The molecule has 1 aromatic heterocycles. The first-order valence-corrected chi connectivity index (χ1v) is 17.2. The van der Waals surface area contributed by atoms with Crippen molar-refractivity contribution < 1.29 is 18.3 Å². The van der Waals surface area contributed by atoms with Crippen molar-refractivity contribution in [2.75, 3.05) is 25.4 Å². The number of aromatic nitrogens is 1. The molecule has 0 saturated heterocycles. The van der Waals surface area contributed by atoms with Gasteiger partial charge in [0.25, 0.3) is 0 Å². The van der Waals surface area contributed by atoms with Gasteiger partial charge in [0.05, 0.1) is 23.2 Å². The molecule has 244 valence electrons. The molecule has 0 unspecified atom stereocenters. The number of allylic oxidation sites excluding steroid dienone is 7. The van der Waals surface area contributed by atoms with E-state index in [0.717, 1.165) is 24.1 Å². The Morgan fingerprint density at radius 3 is 2.49 bits per heavy atom. The maximum absolute atomic E-state index is 13.5. The summed E-state index contributed by atoms with van der Waals surface area (Å²) >= 11 is 0. The van der Waals surface area contributed by atoms with E-state index in [9.17, 15) is 18.3 Å². The number of nitrogens with one attached hydrogen (secondary N) is 2. The fraction of sp³-hybridized carbons (Fsp3) is 0.429. The van der Waals surface area contributed by atoms with E-state index in [1.165, 1.54) is 16.4 Å². The monoisotopic (exact) mass is 635 g/mol. The summed E-state index contributed by atoms with van der Waals surface area (Å²) in [6.07, 6.45) is 20.2. The molecule has 0 saturated carbocycles. The highest BCUT2D eigenvalue weighted by Crippen LogP contribution is 2.23. The van der Waals surface area contributed by atoms with Gasteiger partial charge in [-0.05, 0) is 80.0 Å². The van der Waals surface area contributed by atoms with Crippen LogP contribution in [0.25, 0.3) is 0 Å². The molecule has 0 spiro atoms. The molecule has 0 bridgehead atoms. The molecule has 1 aliphatic rings. The first-order chi connectivity index (χ1) is 21.7. The van der Waals surface area contributed by atoms with E-state index in [2.05, 4.69) is 46.0 Å². The highest BCUT2D eigenvalue weighted by Gasteiger charge is 2.31. The smallest absolute Gasteiger partial charge is 0.243 e. The quantitative estimate of drug-likeness (QED) is 0.143. The Morgan fingerprint density at radius 1 is 1.04 bits per heavy atom. The van der Waals surface area contributed by atoms with Crippen LogP contribution < -0.4 is 16.4 Å². The Bertz CT molecular complexity index is 1400. The van der Waals surface area contributed by atoms with Gasteiger partial charge in [-0.15, -0.1) is 0 Å². The molecular formula is C35H49N5O4S. The number of aliphatic hydroxyl groups is 1. The van der Waals surface area contributed by atoms with Gasteiger partial charge in [-0.25, -0.2) is 8.42 Å². The number of nitrogens with two attached hydrogens (primary N) is 1. The lowest BCUT2D eigenvalue weighted by molar-refractivity contribution is -0.123. The van der Waals surface area contributed by atoms with Crippen molar-refractivity contribution >= 4 is 21.6 Å². The number of sulfonamides is 1. The van der Waals surface area contributed by atoms with Crippen molar-refractivity contribution in [2.24, 2.45) is 5.92 Å². The Balaban J connectivity index is 1.60. The molecule has 3 rings (SSSR count). The number of aliphatic hydroxyl groups excluding tert-OH is 1. The van der Waals surface area contributed by atoms with Crippen LogP contribution in [0, 0.1) is 5.92 Å². The van der Waals surface area contributed by atoms with Crippen molar-refractivity contribution in [3.63, 3.8) is 0 Å². The van der Waals surface area contributed by atoms with Gasteiger partial charge in [-0.1, -0.05) is 68.9 Å². The Labute approximate surface area is 269 Å². The average Bonchev–Trinajstić information content (AvgIpc) is 3.03. The number of hydrogen-bond donors (Lipinski definition) is 4. The minimum atomic E-state index is -3.83. The van der Waals surface area contributed by atoms with Gasteiger partial charge >= 0.3 is 0 Å². The van der Waals surface area contributed by atoms with Gasteiger partial charge in [0.15, 0.2) is 0 Å².